The van der Waals surface area contributed by atoms with Crippen LogP contribution in [0.25, 0.3) is 0 Å². The minimum absolute atomic E-state index is 0.0911. The fourth-order valence-electron chi connectivity index (χ4n) is 2.60. The van der Waals surface area contributed by atoms with Crippen LogP contribution in [0.1, 0.15) is 31.7 Å². The van der Waals surface area contributed by atoms with Crippen LogP contribution < -0.4 is 10.1 Å². The number of aryl methyl sites for hydroxylation is 1. The lowest BCUT2D eigenvalue weighted by molar-refractivity contribution is -0.141. The number of hydrogen-bond donors (Lipinski definition) is 2. The third-order valence-corrected chi connectivity index (χ3v) is 4.36. The van der Waals surface area contributed by atoms with Crippen molar-refractivity contribution in [3.8, 4) is 5.75 Å². The van der Waals surface area contributed by atoms with Crippen molar-refractivity contribution in [3.63, 3.8) is 0 Å². The first-order valence-electron chi connectivity index (χ1n) is 7.33. The Balaban J connectivity index is 1.87. The average Bonchev–Trinajstić information content (AvgIpc) is 2.91. The van der Waals surface area contributed by atoms with E-state index in [9.17, 15) is 9.59 Å². The standard InChI is InChI=1S/C16H20ClNO4/c1-9-7-13(5-6-14(9)17)22-10(2)15(19)18-12-4-3-11(8-12)16(20)21/h5-7,10-12H,3-4,8H2,1-2H3,(H,18,19)(H,20,21)/t10?,11-,12+/m0/s1. The number of halogens is 1. The zero-order chi connectivity index (χ0) is 16.3. The van der Waals surface area contributed by atoms with Crippen molar-refractivity contribution in [2.75, 3.05) is 0 Å². The van der Waals surface area contributed by atoms with Gasteiger partial charge in [0.1, 0.15) is 5.75 Å². The zero-order valence-corrected chi connectivity index (χ0v) is 13.4. The van der Waals surface area contributed by atoms with E-state index < -0.39 is 12.1 Å². The van der Waals surface area contributed by atoms with Gasteiger partial charge >= 0.3 is 5.97 Å². The average molecular weight is 326 g/mol. The minimum Gasteiger partial charge on any atom is -0.481 e. The van der Waals surface area contributed by atoms with E-state index in [0.29, 0.717) is 30.0 Å². The molecular weight excluding hydrogens is 306 g/mol. The quantitative estimate of drug-likeness (QED) is 0.873. The van der Waals surface area contributed by atoms with Gasteiger partial charge in [0.25, 0.3) is 5.91 Å². The van der Waals surface area contributed by atoms with Crippen molar-refractivity contribution in [3.05, 3.63) is 28.8 Å². The highest BCUT2D eigenvalue weighted by Crippen LogP contribution is 2.26. The van der Waals surface area contributed by atoms with Crippen LogP contribution in [0.4, 0.5) is 0 Å². The summed E-state index contributed by atoms with van der Waals surface area (Å²) < 4.78 is 5.61. The minimum atomic E-state index is -0.794. The molecule has 0 spiro atoms. The Hall–Kier alpha value is -1.75. The molecule has 0 bridgehead atoms. The molecule has 120 valence electrons. The van der Waals surface area contributed by atoms with Gasteiger partial charge in [0.2, 0.25) is 0 Å². The van der Waals surface area contributed by atoms with Crippen LogP contribution in [0, 0.1) is 12.8 Å². The molecule has 0 heterocycles. The number of rotatable bonds is 5. The molecule has 1 fully saturated rings. The van der Waals surface area contributed by atoms with E-state index in [-0.39, 0.29) is 17.9 Å². The summed E-state index contributed by atoms with van der Waals surface area (Å²) in [6.45, 7) is 3.54. The second-order valence-electron chi connectivity index (χ2n) is 5.72. The Labute approximate surface area is 134 Å². The van der Waals surface area contributed by atoms with Crippen LogP contribution in [0.5, 0.6) is 5.75 Å². The number of ether oxygens (including phenoxy) is 1. The molecule has 0 radical (unpaired) electrons. The maximum absolute atomic E-state index is 12.1. The van der Waals surface area contributed by atoms with Gasteiger partial charge in [-0.25, -0.2) is 0 Å². The highest BCUT2D eigenvalue weighted by atomic mass is 35.5. The Bertz CT molecular complexity index is 575. The predicted octanol–water partition coefficient (Wildman–Crippen LogP) is 2.79. The molecule has 1 saturated carbocycles. The number of hydrogen-bond acceptors (Lipinski definition) is 3. The number of carboxylic acids is 1. The number of carbonyl (C=O) groups is 2. The molecule has 1 aliphatic carbocycles. The summed E-state index contributed by atoms with van der Waals surface area (Å²) in [6, 6.07) is 5.13. The third-order valence-electron chi connectivity index (χ3n) is 3.94. The van der Waals surface area contributed by atoms with Crippen LogP contribution in [0.15, 0.2) is 18.2 Å². The van der Waals surface area contributed by atoms with Gasteiger partial charge in [0, 0.05) is 11.1 Å². The molecular formula is C16H20ClNO4. The first-order chi connectivity index (χ1) is 10.4. The molecule has 1 aromatic rings. The van der Waals surface area contributed by atoms with Crippen molar-refractivity contribution < 1.29 is 19.4 Å². The van der Waals surface area contributed by atoms with Crippen molar-refractivity contribution in [1.29, 1.82) is 0 Å². The molecule has 6 heteroatoms. The molecule has 1 amide bonds. The molecule has 3 atom stereocenters. The summed E-state index contributed by atoms with van der Waals surface area (Å²) in [5.41, 5.74) is 0.881. The van der Waals surface area contributed by atoms with Gasteiger partial charge in [-0.3, -0.25) is 9.59 Å². The molecule has 5 nitrogen and oxygen atoms in total. The van der Waals surface area contributed by atoms with E-state index in [1.165, 1.54) is 0 Å². The largest absolute Gasteiger partial charge is 0.481 e. The van der Waals surface area contributed by atoms with Crippen molar-refractivity contribution in [2.45, 2.75) is 45.3 Å². The number of amides is 1. The van der Waals surface area contributed by atoms with E-state index in [1.54, 1.807) is 25.1 Å². The molecule has 0 saturated heterocycles. The first-order valence-corrected chi connectivity index (χ1v) is 7.70. The van der Waals surface area contributed by atoms with Gasteiger partial charge < -0.3 is 15.2 Å². The molecule has 1 aromatic carbocycles. The lowest BCUT2D eigenvalue weighted by Gasteiger charge is -2.18. The van der Waals surface area contributed by atoms with Crippen LogP contribution in [0.3, 0.4) is 0 Å². The highest BCUT2D eigenvalue weighted by molar-refractivity contribution is 6.31. The van der Waals surface area contributed by atoms with Gasteiger partial charge in [-0.2, -0.15) is 0 Å². The normalized spacial score (nSPS) is 22.1. The fourth-order valence-corrected chi connectivity index (χ4v) is 2.72. The van der Waals surface area contributed by atoms with Gasteiger partial charge in [0.15, 0.2) is 6.10 Å². The molecule has 0 aliphatic heterocycles. The highest BCUT2D eigenvalue weighted by Gasteiger charge is 2.31. The summed E-state index contributed by atoms with van der Waals surface area (Å²) >= 11 is 5.95. The second-order valence-corrected chi connectivity index (χ2v) is 6.13. The molecule has 1 aliphatic rings. The van der Waals surface area contributed by atoms with Gasteiger partial charge in [-0.05, 0) is 56.9 Å². The smallest absolute Gasteiger partial charge is 0.306 e. The van der Waals surface area contributed by atoms with E-state index in [1.807, 2.05) is 6.92 Å². The van der Waals surface area contributed by atoms with Gasteiger partial charge in [0.05, 0.1) is 5.92 Å². The number of carbonyl (C=O) groups excluding carboxylic acids is 1. The van der Waals surface area contributed by atoms with Crippen LogP contribution >= 0.6 is 11.6 Å². The Morgan fingerprint density at radius 3 is 2.73 bits per heavy atom. The monoisotopic (exact) mass is 325 g/mol. The van der Waals surface area contributed by atoms with Crippen LogP contribution in [0.2, 0.25) is 5.02 Å². The van der Waals surface area contributed by atoms with Gasteiger partial charge in [-0.15, -0.1) is 0 Å². The summed E-state index contributed by atoms with van der Waals surface area (Å²) in [4.78, 5) is 23.0. The Morgan fingerprint density at radius 2 is 2.14 bits per heavy atom. The SMILES string of the molecule is Cc1cc(OC(C)C(=O)N[C@@H]2CC[C@H](C(=O)O)C2)ccc1Cl. The fraction of sp³-hybridized carbons (Fsp3) is 0.500. The summed E-state index contributed by atoms with van der Waals surface area (Å²) in [6.07, 6.45) is 1.12. The van der Waals surface area contributed by atoms with Crippen molar-refractivity contribution >= 4 is 23.5 Å². The Kier molecular flexibility index (Phi) is 5.29. The molecule has 0 aromatic heterocycles. The molecule has 2 N–H and O–H groups in total. The van der Waals surface area contributed by atoms with Gasteiger partial charge in [-0.1, -0.05) is 11.6 Å². The first kappa shape index (κ1) is 16.6. The number of carboxylic acid groups (broad SMARTS) is 1. The number of aliphatic carboxylic acids is 1. The van der Waals surface area contributed by atoms with Crippen molar-refractivity contribution in [1.82, 2.24) is 5.32 Å². The number of nitrogens with one attached hydrogen (secondary N) is 1. The second kappa shape index (κ2) is 7.01. The summed E-state index contributed by atoms with van der Waals surface area (Å²) in [7, 11) is 0. The molecule has 2 rings (SSSR count). The lowest BCUT2D eigenvalue weighted by atomic mass is 10.1. The molecule has 22 heavy (non-hydrogen) atoms. The van der Waals surface area contributed by atoms with E-state index in [0.717, 1.165) is 5.56 Å². The van der Waals surface area contributed by atoms with E-state index in [2.05, 4.69) is 5.32 Å². The number of benzene rings is 1. The summed E-state index contributed by atoms with van der Waals surface area (Å²) in [5.74, 6) is -0.804. The maximum atomic E-state index is 12.1. The molecule has 1 unspecified atom stereocenters. The lowest BCUT2D eigenvalue weighted by Crippen LogP contribution is -2.41. The van der Waals surface area contributed by atoms with Crippen molar-refractivity contribution in [2.24, 2.45) is 5.92 Å². The topological polar surface area (TPSA) is 75.6 Å². The van der Waals surface area contributed by atoms with E-state index in [4.69, 9.17) is 21.4 Å². The summed E-state index contributed by atoms with van der Waals surface area (Å²) in [5, 5.41) is 12.5. The van der Waals surface area contributed by atoms with Crippen LogP contribution in [-0.2, 0) is 9.59 Å². The maximum Gasteiger partial charge on any atom is 0.306 e. The predicted molar refractivity (Wildman–Crippen MR) is 83.2 cm³/mol. The zero-order valence-electron chi connectivity index (χ0n) is 12.6. The van der Waals surface area contributed by atoms with E-state index >= 15 is 0 Å². The third kappa shape index (κ3) is 4.13. The van der Waals surface area contributed by atoms with Crippen LogP contribution in [-0.4, -0.2) is 29.1 Å². The Morgan fingerprint density at radius 1 is 1.41 bits per heavy atom.